The number of nitrogens with zero attached hydrogens (tertiary/aromatic N) is 10. The van der Waals surface area contributed by atoms with E-state index in [4.69, 9.17) is 16.6 Å². The molecule has 0 radical (unpaired) electrons. The van der Waals surface area contributed by atoms with Crippen molar-refractivity contribution in [3.63, 3.8) is 0 Å². The number of hydrogen-bond donors (Lipinski definition) is 0. The molecule has 0 unspecified atom stereocenters. The first-order valence-electron chi connectivity index (χ1n) is 13.9. The van der Waals surface area contributed by atoms with Crippen molar-refractivity contribution in [2.24, 2.45) is 15.3 Å². The summed E-state index contributed by atoms with van der Waals surface area (Å²) in [5.41, 5.74) is 13.8. The van der Waals surface area contributed by atoms with Crippen molar-refractivity contribution in [1.82, 2.24) is 4.90 Å². The van der Waals surface area contributed by atoms with Gasteiger partial charge in [0.05, 0.1) is 0 Å². The van der Waals surface area contributed by atoms with Crippen molar-refractivity contribution in [1.29, 1.82) is 0 Å². The average Bonchev–Trinajstić information content (AvgIpc) is 3.14. The van der Waals surface area contributed by atoms with Gasteiger partial charge in [0, 0.05) is 34.4 Å². The topological polar surface area (TPSA) is 228 Å². The molecule has 0 aliphatic rings. The van der Waals surface area contributed by atoms with E-state index >= 15 is 0 Å². The third-order valence-corrected chi connectivity index (χ3v) is 6.69. The lowest BCUT2D eigenvalue weighted by Gasteiger charge is -2.22. The zero-order valence-corrected chi connectivity index (χ0v) is 26.2. The first-order chi connectivity index (χ1) is 26.0. The molecule has 0 aromatic heterocycles. The Morgan fingerprint density at radius 2 is 0.618 bits per heavy atom. The number of benzene rings is 3. The van der Waals surface area contributed by atoms with Crippen molar-refractivity contribution >= 4 is 35.0 Å². The summed E-state index contributed by atoms with van der Waals surface area (Å²) in [5, 5.41) is 7.26. The minimum absolute atomic E-state index is 0.745. The van der Waals surface area contributed by atoms with Crippen molar-refractivity contribution in [2.75, 3.05) is 39.5 Å². The highest BCUT2D eigenvalue weighted by atomic mass is 19.2. The standard InChI is InChI=1S/C27H12F12N10O6/c28-10-7(11(29)17(35)22(16(10)34)43-46-40)25(50)53-4-1-49(2-5-54-26(51)8-12(30)18(36)23(44-47-41)19(37)13(8)31)3-6-55-27(52)9-14(32)20(38)24(45-48-42)21(39)15(9)33/h1-6H2. The van der Waals surface area contributed by atoms with Crippen molar-refractivity contribution in [3.8, 4) is 0 Å². The number of esters is 3. The van der Waals surface area contributed by atoms with Gasteiger partial charge in [0.25, 0.3) is 0 Å². The molecule has 0 saturated heterocycles. The molecule has 55 heavy (non-hydrogen) atoms. The van der Waals surface area contributed by atoms with Gasteiger partial charge in [-0.2, -0.15) is 0 Å². The van der Waals surface area contributed by atoms with E-state index in [-0.39, 0.29) is 0 Å². The highest BCUT2D eigenvalue weighted by Gasteiger charge is 2.33. The largest absolute Gasteiger partial charge is 0.461 e. The van der Waals surface area contributed by atoms with Crippen LogP contribution in [0.3, 0.4) is 0 Å². The van der Waals surface area contributed by atoms with Gasteiger partial charge in [-0.25, -0.2) is 67.1 Å². The number of hydrogen-bond acceptors (Lipinski definition) is 10. The van der Waals surface area contributed by atoms with Gasteiger partial charge in [-0.3, -0.25) is 4.90 Å². The lowest BCUT2D eigenvalue weighted by Crippen LogP contribution is -2.35. The van der Waals surface area contributed by atoms with Crippen LogP contribution in [0.2, 0.25) is 0 Å². The van der Waals surface area contributed by atoms with Crippen LogP contribution in [0, 0.1) is 69.8 Å². The van der Waals surface area contributed by atoms with Gasteiger partial charge in [-0.15, -0.1) is 0 Å². The number of carbonyl (C=O) groups is 3. The summed E-state index contributed by atoms with van der Waals surface area (Å²) in [6, 6.07) is 0. The highest BCUT2D eigenvalue weighted by molar-refractivity contribution is 5.92. The van der Waals surface area contributed by atoms with E-state index in [1.54, 1.807) is 0 Å². The monoisotopic (exact) mass is 800 g/mol. The Morgan fingerprint density at radius 3 is 0.800 bits per heavy atom. The van der Waals surface area contributed by atoms with Crippen LogP contribution in [-0.2, 0) is 14.2 Å². The molecule has 0 spiro atoms. The highest BCUT2D eigenvalue weighted by Crippen LogP contribution is 2.33. The number of halogens is 12. The summed E-state index contributed by atoms with van der Waals surface area (Å²) in [6.07, 6.45) is 0. The third-order valence-electron chi connectivity index (χ3n) is 6.69. The molecule has 3 aromatic rings. The predicted molar refractivity (Wildman–Crippen MR) is 153 cm³/mol. The number of azide groups is 3. The first-order valence-corrected chi connectivity index (χ1v) is 13.9. The summed E-state index contributed by atoms with van der Waals surface area (Å²) < 4.78 is 184. The fourth-order valence-electron chi connectivity index (χ4n) is 4.15. The Balaban J connectivity index is 1.82. The summed E-state index contributed by atoms with van der Waals surface area (Å²) in [5.74, 6) is -34.2. The number of ether oxygens (including phenoxy) is 3. The average molecular weight is 800 g/mol. The van der Waals surface area contributed by atoms with Gasteiger partial charge in [0.1, 0.15) is 53.6 Å². The molecule has 16 nitrogen and oxygen atoms in total. The Bertz CT molecular complexity index is 1910. The van der Waals surface area contributed by atoms with Crippen LogP contribution in [-0.4, -0.2) is 62.3 Å². The molecule has 28 heteroatoms. The summed E-state index contributed by atoms with van der Waals surface area (Å²) in [6.45, 7) is -5.35. The van der Waals surface area contributed by atoms with Crippen LogP contribution in [0.5, 0.6) is 0 Å². The van der Waals surface area contributed by atoms with Gasteiger partial charge < -0.3 is 14.2 Å². The number of rotatable bonds is 15. The van der Waals surface area contributed by atoms with Crippen LogP contribution in [0.15, 0.2) is 15.3 Å². The van der Waals surface area contributed by atoms with Gasteiger partial charge in [0.15, 0.2) is 69.8 Å². The first kappa shape index (κ1) is 42.5. The second-order valence-electron chi connectivity index (χ2n) is 9.76. The normalized spacial score (nSPS) is 10.6. The van der Waals surface area contributed by atoms with Crippen LogP contribution >= 0.6 is 0 Å². The molecule has 0 fully saturated rings. The van der Waals surface area contributed by atoms with Gasteiger partial charge in [-0.1, -0.05) is 15.3 Å². The molecule has 0 bridgehead atoms. The van der Waals surface area contributed by atoms with E-state index in [9.17, 15) is 67.1 Å². The molecule has 0 aliphatic carbocycles. The van der Waals surface area contributed by atoms with Crippen molar-refractivity contribution in [2.45, 2.75) is 0 Å². The van der Waals surface area contributed by atoms with Gasteiger partial charge in [0.2, 0.25) is 0 Å². The lowest BCUT2D eigenvalue weighted by atomic mass is 10.1. The minimum Gasteiger partial charge on any atom is -0.461 e. The molecular weight excluding hydrogens is 788 g/mol. The maximum absolute atomic E-state index is 14.3. The smallest absolute Gasteiger partial charge is 0.344 e. The van der Waals surface area contributed by atoms with Crippen LogP contribution < -0.4 is 0 Å². The minimum atomic E-state index is -2.36. The maximum Gasteiger partial charge on any atom is 0.344 e. The Labute approximate surface area is 294 Å². The zero-order valence-electron chi connectivity index (χ0n) is 26.2. The molecule has 290 valence electrons. The van der Waals surface area contributed by atoms with E-state index in [2.05, 4.69) is 29.6 Å². The molecular formula is C27H12F12N10O6. The van der Waals surface area contributed by atoms with Crippen molar-refractivity contribution < 1.29 is 81.3 Å². The molecule has 3 aromatic carbocycles. The zero-order chi connectivity index (χ0) is 41.3. The van der Waals surface area contributed by atoms with Gasteiger partial charge >= 0.3 is 17.9 Å². The summed E-state index contributed by atoms with van der Waals surface area (Å²) in [7, 11) is 0. The second-order valence-corrected chi connectivity index (χ2v) is 9.76. The fourth-order valence-corrected chi connectivity index (χ4v) is 4.15. The molecule has 0 heterocycles. The van der Waals surface area contributed by atoms with E-state index in [0.717, 1.165) is 4.90 Å². The maximum atomic E-state index is 14.3. The fraction of sp³-hybridized carbons (Fsp3) is 0.222. The van der Waals surface area contributed by atoms with Crippen LogP contribution in [0.25, 0.3) is 31.3 Å². The molecule has 0 N–H and O–H groups in total. The molecule has 0 amide bonds. The molecule has 0 saturated carbocycles. The summed E-state index contributed by atoms with van der Waals surface area (Å²) >= 11 is 0. The Kier molecular flexibility index (Phi) is 14.1. The van der Waals surface area contributed by atoms with E-state index in [1.165, 1.54) is 0 Å². The van der Waals surface area contributed by atoms with Crippen LogP contribution in [0.1, 0.15) is 31.1 Å². The quantitative estimate of drug-likeness (QED) is 0.0277. The Hall–Kier alpha value is -6.88. The molecule has 0 atom stereocenters. The van der Waals surface area contributed by atoms with E-state index in [1.807, 2.05) is 14.7 Å². The lowest BCUT2D eigenvalue weighted by molar-refractivity contribution is 0.0319. The predicted octanol–water partition coefficient (Wildman–Crippen LogP) is 8.35. The van der Waals surface area contributed by atoms with Crippen LogP contribution in [0.4, 0.5) is 69.7 Å². The summed E-state index contributed by atoms with van der Waals surface area (Å²) in [4.78, 5) is 43.7. The molecule has 0 aliphatic heterocycles. The van der Waals surface area contributed by atoms with E-state index < -0.39 is 161 Å². The number of carbonyl (C=O) groups excluding carboxylic acids is 3. The third kappa shape index (κ3) is 8.85. The second kappa shape index (κ2) is 18.2. The van der Waals surface area contributed by atoms with Crippen molar-refractivity contribution in [3.05, 3.63) is 118 Å². The van der Waals surface area contributed by atoms with E-state index in [0.29, 0.717) is 0 Å². The van der Waals surface area contributed by atoms with Gasteiger partial charge in [-0.05, 0) is 16.6 Å². The Morgan fingerprint density at radius 1 is 0.418 bits per heavy atom. The SMILES string of the molecule is [N-]=[N+]=Nc1c(F)c(F)c(C(=O)OCCN(CCOC(=O)c2c(F)c(F)c(N=[N+]=[N-])c(F)c2F)CCOC(=O)c2c(F)c(F)c(N=[N+]=[N-])c(F)c2F)c(F)c1F. The molecule has 3 rings (SSSR count).